The first-order chi connectivity index (χ1) is 9.55. The van der Waals surface area contributed by atoms with Crippen molar-refractivity contribution >= 4 is 5.91 Å². The predicted octanol–water partition coefficient (Wildman–Crippen LogP) is 2.95. The SMILES string of the molecule is CC(C)C(N)C(=O)NC1(c2ccccc2)CCCCC1. The van der Waals surface area contributed by atoms with Gasteiger partial charge in [0.1, 0.15) is 0 Å². The minimum absolute atomic E-state index is 0.0225. The lowest BCUT2D eigenvalue weighted by Gasteiger charge is -2.39. The number of carbonyl (C=O) groups excluding carboxylic acids is 1. The van der Waals surface area contributed by atoms with Crippen molar-refractivity contribution in [2.24, 2.45) is 11.7 Å². The molecule has 0 radical (unpaired) electrons. The van der Waals surface area contributed by atoms with Crippen molar-refractivity contribution in [3.05, 3.63) is 35.9 Å². The lowest BCUT2D eigenvalue weighted by atomic mass is 9.76. The standard InChI is InChI=1S/C17H26N2O/c1-13(2)15(18)16(20)19-17(11-7-4-8-12-17)14-9-5-3-6-10-14/h3,5-6,9-10,13,15H,4,7-8,11-12,18H2,1-2H3,(H,19,20). The van der Waals surface area contributed by atoms with Crippen LogP contribution in [0.5, 0.6) is 0 Å². The topological polar surface area (TPSA) is 55.1 Å². The quantitative estimate of drug-likeness (QED) is 0.887. The number of nitrogens with two attached hydrogens (primary N) is 1. The maximum atomic E-state index is 12.4. The third-order valence-corrected chi connectivity index (χ3v) is 4.42. The van der Waals surface area contributed by atoms with Crippen molar-refractivity contribution in [1.82, 2.24) is 5.32 Å². The van der Waals surface area contributed by atoms with Crippen LogP contribution >= 0.6 is 0 Å². The second-order valence-corrected chi connectivity index (χ2v) is 6.27. The summed E-state index contributed by atoms with van der Waals surface area (Å²) >= 11 is 0. The molecular weight excluding hydrogens is 248 g/mol. The molecule has 20 heavy (non-hydrogen) atoms. The molecule has 1 aromatic carbocycles. The number of rotatable bonds is 4. The summed E-state index contributed by atoms with van der Waals surface area (Å²) in [4.78, 5) is 12.4. The van der Waals surface area contributed by atoms with E-state index in [-0.39, 0.29) is 17.4 Å². The molecule has 1 saturated carbocycles. The molecule has 3 nitrogen and oxygen atoms in total. The zero-order valence-electron chi connectivity index (χ0n) is 12.6. The van der Waals surface area contributed by atoms with Crippen LogP contribution in [-0.2, 0) is 10.3 Å². The Morgan fingerprint density at radius 2 is 1.75 bits per heavy atom. The first-order valence-corrected chi connectivity index (χ1v) is 7.68. The van der Waals surface area contributed by atoms with Crippen LogP contribution in [0.15, 0.2) is 30.3 Å². The summed E-state index contributed by atoms with van der Waals surface area (Å²) in [6.07, 6.45) is 5.58. The van der Waals surface area contributed by atoms with Crippen LogP contribution in [0, 0.1) is 5.92 Å². The average Bonchev–Trinajstić information content (AvgIpc) is 2.48. The van der Waals surface area contributed by atoms with Gasteiger partial charge in [-0.3, -0.25) is 4.79 Å². The second-order valence-electron chi connectivity index (χ2n) is 6.27. The van der Waals surface area contributed by atoms with Gasteiger partial charge in [0.25, 0.3) is 0 Å². The zero-order valence-corrected chi connectivity index (χ0v) is 12.6. The normalized spacial score (nSPS) is 19.6. The van der Waals surface area contributed by atoms with Crippen molar-refractivity contribution in [2.45, 2.75) is 57.5 Å². The van der Waals surface area contributed by atoms with Crippen molar-refractivity contribution in [2.75, 3.05) is 0 Å². The Labute approximate surface area is 121 Å². The first kappa shape index (κ1) is 15.0. The smallest absolute Gasteiger partial charge is 0.237 e. The molecule has 0 aliphatic heterocycles. The molecule has 1 atom stereocenters. The van der Waals surface area contributed by atoms with Crippen molar-refractivity contribution < 1.29 is 4.79 Å². The maximum absolute atomic E-state index is 12.4. The third kappa shape index (κ3) is 3.21. The summed E-state index contributed by atoms with van der Waals surface area (Å²) in [7, 11) is 0. The molecule has 1 aliphatic carbocycles. The summed E-state index contributed by atoms with van der Waals surface area (Å²) in [6, 6.07) is 9.90. The molecule has 0 heterocycles. The first-order valence-electron chi connectivity index (χ1n) is 7.68. The molecule has 0 saturated heterocycles. The third-order valence-electron chi connectivity index (χ3n) is 4.42. The largest absolute Gasteiger partial charge is 0.345 e. The lowest BCUT2D eigenvalue weighted by molar-refractivity contribution is -0.125. The number of benzene rings is 1. The van der Waals surface area contributed by atoms with E-state index in [1.807, 2.05) is 32.0 Å². The number of carbonyl (C=O) groups is 1. The molecule has 1 aliphatic rings. The van der Waals surface area contributed by atoms with Gasteiger partial charge in [0.05, 0.1) is 11.6 Å². The minimum atomic E-state index is -0.433. The van der Waals surface area contributed by atoms with Gasteiger partial charge >= 0.3 is 0 Å². The van der Waals surface area contributed by atoms with E-state index in [4.69, 9.17) is 5.73 Å². The van der Waals surface area contributed by atoms with Crippen molar-refractivity contribution in [1.29, 1.82) is 0 Å². The molecule has 110 valence electrons. The Morgan fingerprint density at radius 3 is 2.30 bits per heavy atom. The fourth-order valence-electron chi connectivity index (χ4n) is 3.02. The van der Waals surface area contributed by atoms with Crippen LogP contribution in [0.25, 0.3) is 0 Å². The van der Waals surface area contributed by atoms with Crippen molar-refractivity contribution in [3.63, 3.8) is 0 Å². The number of amides is 1. The van der Waals surface area contributed by atoms with Gasteiger partial charge in [-0.05, 0) is 24.3 Å². The summed E-state index contributed by atoms with van der Waals surface area (Å²) in [5.41, 5.74) is 7.00. The van der Waals surface area contributed by atoms with Crippen molar-refractivity contribution in [3.8, 4) is 0 Å². The van der Waals surface area contributed by atoms with E-state index in [0.717, 1.165) is 25.7 Å². The Balaban J connectivity index is 2.22. The summed E-state index contributed by atoms with van der Waals surface area (Å²) < 4.78 is 0. The van der Waals surface area contributed by atoms with Gasteiger partial charge in [0.15, 0.2) is 0 Å². The molecule has 0 bridgehead atoms. The van der Waals surface area contributed by atoms with Crippen LogP contribution < -0.4 is 11.1 Å². The van der Waals surface area contributed by atoms with E-state index < -0.39 is 6.04 Å². The van der Waals surface area contributed by atoms with Gasteiger partial charge in [-0.15, -0.1) is 0 Å². The molecule has 1 aromatic rings. The monoisotopic (exact) mass is 274 g/mol. The fraction of sp³-hybridized carbons (Fsp3) is 0.588. The van der Waals surface area contributed by atoms with Gasteiger partial charge in [-0.25, -0.2) is 0 Å². The molecule has 0 aromatic heterocycles. The van der Waals surface area contributed by atoms with Gasteiger partial charge < -0.3 is 11.1 Å². The van der Waals surface area contributed by atoms with Crippen LogP contribution in [0.2, 0.25) is 0 Å². The van der Waals surface area contributed by atoms with Crippen LogP contribution in [0.3, 0.4) is 0 Å². The second kappa shape index (κ2) is 6.40. The Hall–Kier alpha value is -1.35. The number of hydrogen-bond acceptors (Lipinski definition) is 2. The van der Waals surface area contributed by atoms with E-state index in [9.17, 15) is 4.79 Å². The van der Waals surface area contributed by atoms with Crippen LogP contribution in [0.4, 0.5) is 0 Å². The maximum Gasteiger partial charge on any atom is 0.237 e. The fourth-order valence-corrected chi connectivity index (χ4v) is 3.02. The summed E-state index contributed by atoms with van der Waals surface area (Å²) in [6.45, 7) is 3.97. The number of hydrogen-bond donors (Lipinski definition) is 2. The highest BCUT2D eigenvalue weighted by atomic mass is 16.2. The molecule has 1 unspecified atom stereocenters. The minimum Gasteiger partial charge on any atom is -0.345 e. The molecule has 2 rings (SSSR count). The van der Waals surface area contributed by atoms with Gasteiger partial charge in [-0.1, -0.05) is 63.4 Å². The molecular formula is C17H26N2O. The highest BCUT2D eigenvalue weighted by molar-refractivity contribution is 5.82. The Morgan fingerprint density at radius 1 is 1.15 bits per heavy atom. The van der Waals surface area contributed by atoms with E-state index >= 15 is 0 Å². The molecule has 3 N–H and O–H groups in total. The predicted molar refractivity (Wildman–Crippen MR) is 82.2 cm³/mol. The molecule has 3 heteroatoms. The van der Waals surface area contributed by atoms with E-state index in [2.05, 4.69) is 17.4 Å². The van der Waals surface area contributed by atoms with Gasteiger partial charge in [-0.2, -0.15) is 0 Å². The van der Waals surface area contributed by atoms with E-state index in [1.54, 1.807) is 0 Å². The zero-order chi connectivity index (χ0) is 14.6. The van der Waals surface area contributed by atoms with Gasteiger partial charge in [0, 0.05) is 0 Å². The highest BCUT2D eigenvalue weighted by Crippen LogP contribution is 2.37. The summed E-state index contributed by atoms with van der Waals surface area (Å²) in [5.74, 6) is 0.136. The van der Waals surface area contributed by atoms with Crippen LogP contribution in [-0.4, -0.2) is 11.9 Å². The average molecular weight is 274 g/mol. The molecule has 1 amide bonds. The lowest BCUT2D eigenvalue weighted by Crippen LogP contribution is -2.54. The molecule has 1 fully saturated rings. The Kier molecular flexibility index (Phi) is 4.81. The number of nitrogens with one attached hydrogen (secondary N) is 1. The van der Waals surface area contributed by atoms with E-state index in [1.165, 1.54) is 12.0 Å². The molecule has 0 spiro atoms. The van der Waals surface area contributed by atoms with Crippen LogP contribution in [0.1, 0.15) is 51.5 Å². The van der Waals surface area contributed by atoms with E-state index in [0.29, 0.717) is 0 Å². The van der Waals surface area contributed by atoms with Gasteiger partial charge in [0.2, 0.25) is 5.91 Å². The Bertz CT molecular complexity index is 436. The highest BCUT2D eigenvalue weighted by Gasteiger charge is 2.36. The summed E-state index contributed by atoms with van der Waals surface area (Å²) in [5, 5.41) is 3.27.